The number of sulfonamides is 1. The minimum absolute atomic E-state index is 0.0434. The van der Waals surface area contributed by atoms with Gasteiger partial charge >= 0.3 is 6.61 Å². The molecule has 0 bridgehead atoms. The lowest BCUT2D eigenvalue weighted by molar-refractivity contribution is -0.0498. The van der Waals surface area contributed by atoms with Gasteiger partial charge in [-0.1, -0.05) is 36.4 Å². The third-order valence-electron chi connectivity index (χ3n) is 3.37. The van der Waals surface area contributed by atoms with Gasteiger partial charge in [0.2, 0.25) is 0 Å². The van der Waals surface area contributed by atoms with E-state index in [2.05, 4.69) is 9.46 Å². The molecule has 0 aliphatic heterocycles. The lowest BCUT2D eigenvalue weighted by atomic mass is 10.1. The standard InChI is InChI=1S/C17H13F2NO3S/c18-17(19)23-14-10-8-13(9-11-14)20-24(21,22)16-7-3-5-12-4-1-2-6-15(12)16/h1-11,17,20H. The van der Waals surface area contributed by atoms with Crippen LogP contribution in [0.1, 0.15) is 0 Å². The Hall–Kier alpha value is -2.67. The summed E-state index contributed by atoms with van der Waals surface area (Å²) in [5, 5.41) is 1.41. The molecule has 0 radical (unpaired) electrons. The van der Waals surface area contributed by atoms with Crippen molar-refractivity contribution in [3.8, 4) is 5.75 Å². The maximum atomic E-state index is 12.6. The molecule has 0 fully saturated rings. The predicted octanol–water partition coefficient (Wildman–Crippen LogP) is 4.24. The normalized spacial score (nSPS) is 11.6. The lowest BCUT2D eigenvalue weighted by Gasteiger charge is -2.11. The second kappa shape index (κ2) is 6.45. The molecule has 0 unspecified atom stereocenters. The third-order valence-corrected chi connectivity index (χ3v) is 4.81. The van der Waals surface area contributed by atoms with E-state index in [9.17, 15) is 17.2 Å². The minimum Gasteiger partial charge on any atom is -0.435 e. The monoisotopic (exact) mass is 349 g/mol. The van der Waals surface area contributed by atoms with Crippen molar-refractivity contribution in [2.75, 3.05) is 4.72 Å². The zero-order valence-corrected chi connectivity index (χ0v) is 13.1. The minimum atomic E-state index is -3.81. The van der Waals surface area contributed by atoms with Crippen LogP contribution in [-0.2, 0) is 10.0 Å². The SMILES string of the molecule is O=S(=O)(Nc1ccc(OC(F)F)cc1)c1cccc2ccccc12. The maximum absolute atomic E-state index is 12.6. The number of rotatable bonds is 5. The highest BCUT2D eigenvalue weighted by atomic mass is 32.2. The molecule has 0 aliphatic rings. The molecule has 24 heavy (non-hydrogen) atoms. The third kappa shape index (κ3) is 3.46. The Morgan fingerprint density at radius 3 is 2.25 bits per heavy atom. The van der Waals surface area contributed by atoms with Gasteiger partial charge in [-0.15, -0.1) is 0 Å². The molecule has 0 spiro atoms. The van der Waals surface area contributed by atoms with Crippen LogP contribution in [0.2, 0.25) is 0 Å². The molecule has 0 saturated heterocycles. The molecule has 3 rings (SSSR count). The molecule has 1 N–H and O–H groups in total. The summed E-state index contributed by atoms with van der Waals surface area (Å²) in [5.41, 5.74) is 0.254. The van der Waals surface area contributed by atoms with Crippen LogP contribution in [-0.4, -0.2) is 15.0 Å². The largest absolute Gasteiger partial charge is 0.435 e. The van der Waals surface area contributed by atoms with E-state index in [1.165, 1.54) is 30.3 Å². The van der Waals surface area contributed by atoms with E-state index >= 15 is 0 Å². The van der Waals surface area contributed by atoms with Gasteiger partial charge in [-0.25, -0.2) is 8.42 Å². The first-order valence-electron chi connectivity index (χ1n) is 7.01. The van der Waals surface area contributed by atoms with E-state index in [0.717, 1.165) is 5.39 Å². The molecule has 3 aromatic rings. The van der Waals surface area contributed by atoms with Crippen molar-refractivity contribution in [3.63, 3.8) is 0 Å². The van der Waals surface area contributed by atoms with Gasteiger partial charge in [-0.3, -0.25) is 4.72 Å². The van der Waals surface area contributed by atoms with Crippen LogP contribution in [0, 0.1) is 0 Å². The number of benzene rings is 3. The molecular formula is C17H13F2NO3S. The van der Waals surface area contributed by atoms with Crippen LogP contribution in [0.15, 0.2) is 71.6 Å². The number of halogens is 2. The lowest BCUT2D eigenvalue weighted by Crippen LogP contribution is -2.13. The molecular weight excluding hydrogens is 336 g/mol. The Kier molecular flexibility index (Phi) is 4.35. The number of hydrogen-bond donors (Lipinski definition) is 1. The maximum Gasteiger partial charge on any atom is 0.387 e. The van der Waals surface area contributed by atoms with Crippen molar-refractivity contribution >= 4 is 26.5 Å². The summed E-state index contributed by atoms with van der Waals surface area (Å²) in [4.78, 5) is 0.147. The average Bonchev–Trinajstić information content (AvgIpc) is 2.55. The van der Waals surface area contributed by atoms with Gasteiger partial charge in [-0.05, 0) is 35.7 Å². The second-order valence-electron chi connectivity index (χ2n) is 4.99. The Labute approximate surface area is 137 Å². The number of ether oxygens (including phenoxy) is 1. The summed E-state index contributed by atoms with van der Waals surface area (Å²) >= 11 is 0. The Morgan fingerprint density at radius 1 is 0.875 bits per heavy atom. The van der Waals surface area contributed by atoms with Crippen molar-refractivity contribution in [1.82, 2.24) is 0 Å². The van der Waals surface area contributed by atoms with Gasteiger partial charge in [0, 0.05) is 11.1 Å². The summed E-state index contributed by atoms with van der Waals surface area (Å²) in [6, 6.07) is 17.4. The highest BCUT2D eigenvalue weighted by molar-refractivity contribution is 7.93. The molecule has 3 aromatic carbocycles. The molecule has 0 saturated carbocycles. The smallest absolute Gasteiger partial charge is 0.387 e. The second-order valence-corrected chi connectivity index (χ2v) is 6.64. The van der Waals surface area contributed by atoms with Crippen molar-refractivity contribution in [1.29, 1.82) is 0 Å². The quantitative estimate of drug-likeness (QED) is 0.749. The molecule has 0 amide bonds. The van der Waals surface area contributed by atoms with Gasteiger partial charge in [0.25, 0.3) is 10.0 Å². The van der Waals surface area contributed by atoms with Crippen LogP contribution < -0.4 is 9.46 Å². The Bertz CT molecular complexity index is 952. The summed E-state index contributed by atoms with van der Waals surface area (Å²) in [7, 11) is -3.81. The summed E-state index contributed by atoms with van der Waals surface area (Å²) in [5.74, 6) is -0.0434. The number of anilines is 1. The van der Waals surface area contributed by atoms with E-state index < -0.39 is 16.6 Å². The fourth-order valence-corrected chi connectivity index (χ4v) is 3.63. The van der Waals surface area contributed by atoms with Gasteiger partial charge in [0.15, 0.2) is 0 Å². The van der Waals surface area contributed by atoms with Crippen molar-refractivity contribution in [2.24, 2.45) is 0 Å². The number of alkyl halides is 2. The number of hydrogen-bond acceptors (Lipinski definition) is 3. The molecule has 4 nitrogen and oxygen atoms in total. The van der Waals surface area contributed by atoms with E-state index in [1.54, 1.807) is 18.2 Å². The first-order chi connectivity index (χ1) is 11.5. The van der Waals surface area contributed by atoms with Gasteiger partial charge < -0.3 is 4.74 Å². The van der Waals surface area contributed by atoms with Crippen molar-refractivity contribution in [2.45, 2.75) is 11.5 Å². The van der Waals surface area contributed by atoms with E-state index in [-0.39, 0.29) is 16.3 Å². The highest BCUT2D eigenvalue weighted by Gasteiger charge is 2.17. The van der Waals surface area contributed by atoms with E-state index in [4.69, 9.17) is 0 Å². The first kappa shape index (κ1) is 16.2. The predicted molar refractivity (Wildman–Crippen MR) is 87.8 cm³/mol. The van der Waals surface area contributed by atoms with Crippen LogP contribution in [0.25, 0.3) is 10.8 Å². The molecule has 0 aromatic heterocycles. The molecule has 0 aliphatic carbocycles. The molecule has 0 heterocycles. The van der Waals surface area contributed by atoms with Gasteiger partial charge in [0.05, 0.1) is 4.90 Å². The zero-order valence-electron chi connectivity index (χ0n) is 12.3. The van der Waals surface area contributed by atoms with Gasteiger partial charge in [0.1, 0.15) is 5.75 Å². The zero-order chi connectivity index (χ0) is 17.2. The van der Waals surface area contributed by atoms with E-state index in [1.807, 2.05) is 18.2 Å². The van der Waals surface area contributed by atoms with Crippen molar-refractivity contribution < 1.29 is 21.9 Å². The summed E-state index contributed by atoms with van der Waals surface area (Å²) < 4.78 is 56.2. The molecule has 124 valence electrons. The molecule has 7 heteroatoms. The average molecular weight is 349 g/mol. The van der Waals surface area contributed by atoms with Gasteiger partial charge in [-0.2, -0.15) is 8.78 Å². The topological polar surface area (TPSA) is 55.4 Å². The van der Waals surface area contributed by atoms with Crippen LogP contribution in [0.3, 0.4) is 0 Å². The fraction of sp³-hybridized carbons (Fsp3) is 0.0588. The van der Waals surface area contributed by atoms with E-state index in [0.29, 0.717) is 5.39 Å². The Balaban J connectivity index is 1.91. The fourth-order valence-electron chi connectivity index (χ4n) is 2.34. The molecule has 0 atom stereocenters. The Morgan fingerprint density at radius 2 is 1.54 bits per heavy atom. The van der Waals surface area contributed by atoms with Crippen LogP contribution >= 0.6 is 0 Å². The van der Waals surface area contributed by atoms with Crippen LogP contribution in [0.5, 0.6) is 5.75 Å². The highest BCUT2D eigenvalue weighted by Crippen LogP contribution is 2.25. The number of fused-ring (bicyclic) bond motifs is 1. The number of nitrogens with one attached hydrogen (secondary N) is 1. The summed E-state index contributed by atoms with van der Waals surface area (Å²) in [6.45, 7) is -2.93. The van der Waals surface area contributed by atoms with Crippen molar-refractivity contribution in [3.05, 3.63) is 66.7 Å². The summed E-state index contributed by atoms with van der Waals surface area (Å²) in [6.07, 6.45) is 0. The first-order valence-corrected chi connectivity index (χ1v) is 8.49. The van der Waals surface area contributed by atoms with Crippen LogP contribution in [0.4, 0.5) is 14.5 Å².